The van der Waals surface area contributed by atoms with Crippen LogP contribution < -0.4 is 10.2 Å². The summed E-state index contributed by atoms with van der Waals surface area (Å²) in [4.78, 5) is 69.9. The number of nitrogens with zero attached hydrogens (tertiary/aromatic N) is 4. The van der Waals surface area contributed by atoms with Gasteiger partial charge in [-0.15, -0.1) is 0 Å². The van der Waals surface area contributed by atoms with Crippen LogP contribution in [-0.2, 0) is 19.1 Å². The average Bonchev–Trinajstić information content (AvgIpc) is 3.40. The highest BCUT2D eigenvalue weighted by Gasteiger charge is 2.44. The van der Waals surface area contributed by atoms with Gasteiger partial charge in [0.25, 0.3) is 11.8 Å². The maximum Gasteiger partial charge on any atom is 0.320 e. The first kappa shape index (κ1) is 27.3. The molecular weight excluding hydrogens is 502 g/mol. The van der Waals surface area contributed by atoms with Crippen LogP contribution in [0.3, 0.4) is 0 Å². The van der Waals surface area contributed by atoms with Crippen molar-refractivity contribution >= 4 is 35.3 Å². The van der Waals surface area contributed by atoms with Crippen LogP contribution in [-0.4, -0.2) is 108 Å². The minimum atomic E-state index is -0.960. The van der Waals surface area contributed by atoms with Crippen molar-refractivity contribution in [3.8, 4) is 0 Å². The SMILES string of the molecule is CC(C)(C)OC(=O)CN1CC[C@@H](CN2CCN(c3ccc4c(c3)C(=O)N(C3CCC(=O)NC3=O)C4=O)CC2)C1. The number of benzene rings is 1. The maximum absolute atomic E-state index is 13.2. The molecule has 1 N–H and O–H groups in total. The number of esters is 1. The van der Waals surface area contributed by atoms with E-state index >= 15 is 0 Å². The van der Waals surface area contributed by atoms with E-state index in [0.29, 0.717) is 23.6 Å². The summed E-state index contributed by atoms with van der Waals surface area (Å²) in [6.07, 6.45) is 1.31. The van der Waals surface area contributed by atoms with Crippen molar-refractivity contribution in [2.24, 2.45) is 5.92 Å². The number of carbonyl (C=O) groups is 5. The lowest BCUT2D eigenvalue weighted by Gasteiger charge is -2.37. The van der Waals surface area contributed by atoms with Gasteiger partial charge in [0.05, 0.1) is 17.7 Å². The predicted octanol–water partition coefficient (Wildman–Crippen LogP) is 0.873. The molecule has 11 heteroatoms. The monoisotopic (exact) mass is 539 g/mol. The highest BCUT2D eigenvalue weighted by atomic mass is 16.6. The fourth-order valence-corrected chi connectivity index (χ4v) is 5.97. The number of carbonyl (C=O) groups excluding carboxylic acids is 5. The number of piperazine rings is 1. The molecule has 4 heterocycles. The average molecular weight is 540 g/mol. The molecule has 0 saturated carbocycles. The van der Waals surface area contributed by atoms with Gasteiger partial charge in [-0.05, 0) is 64.3 Å². The fraction of sp³-hybridized carbons (Fsp3) is 0.607. The lowest BCUT2D eigenvalue weighted by molar-refractivity contribution is -0.155. The van der Waals surface area contributed by atoms with E-state index in [-0.39, 0.29) is 24.7 Å². The fourth-order valence-electron chi connectivity index (χ4n) is 5.97. The quantitative estimate of drug-likeness (QED) is 0.415. The number of rotatable bonds is 6. The van der Waals surface area contributed by atoms with E-state index in [2.05, 4.69) is 20.0 Å². The van der Waals surface area contributed by atoms with Crippen LogP contribution in [0.4, 0.5) is 5.69 Å². The van der Waals surface area contributed by atoms with Crippen molar-refractivity contribution in [1.29, 1.82) is 0 Å². The van der Waals surface area contributed by atoms with Crippen LogP contribution in [0.2, 0.25) is 0 Å². The van der Waals surface area contributed by atoms with Gasteiger partial charge >= 0.3 is 5.97 Å². The molecule has 0 spiro atoms. The third-order valence-electron chi connectivity index (χ3n) is 7.82. The first-order chi connectivity index (χ1) is 18.5. The molecule has 4 aliphatic rings. The topological polar surface area (TPSA) is 120 Å². The maximum atomic E-state index is 13.2. The van der Waals surface area contributed by atoms with Gasteiger partial charge in [0, 0.05) is 51.4 Å². The van der Waals surface area contributed by atoms with Gasteiger partial charge in [0.15, 0.2) is 0 Å². The van der Waals surface area contributed by atoms with Crippen LogP contribution in [0.5, 0.6) is 0 Å². The molecule has 3 fully saturated rings. The van der Waals surface area contributed by atoms with Crippen LogP contribution >= 0.6 is 0 Å². The lowest BCUT2D eigenvalue weighted by atomic mass is 10.0. The van der Waals surface area contributed by atoms with Gasteiger partial charge in [-0.2, -0.15) is 0 Å². The van der Waals surface area contributed by atoms with Gasteiger partial charge < -0.3 is 9.64 Å². The number of fused-ring (bicyclic) bond motifs is 1. The minimum absolute atomic E-state index is 0.0992. The second kappa shape index (κ2) is 10.7. The number of anilines is 1. The summed E-state index contributed by atoms with van der Waals surface area (Å²) in [5, 5.41) is 2.23. The number of nitrogens with one attached hydrogen (secondary N) is 1. The van der Waals surface area contributed by atoms with E-state index in [4.69, 9.17) is 4.74 Å². The van der Waals surface area contributed by atoms with E-state index in [1.165, 1.54) is 0 Å². The van der Waals surface area contributed by atoms with Crippen molar-refractivity contribution in [1.82, 2.24) is 20.0 Å². The van der Waals surface area contributed by atoms with Crippen LogP contribution in [0.15, 0.2) is 18.2 Å². The Hall–Kier alpha value is -3.31. The highest BCUT2D eigenvalue weighted by Crippen LogP contribution is 2.31. The molecule has 0 bridgehead atoms. The molecule has 1 aromatic rings. The second-order valence-electron chi connectivity index (χ2n) is 11.9. The number of piperidine rings is 1. The number of imide groups is 2. The van der Waals surface area contributed by atoms with E-state index < -0.39 is 29.4 Å². The van der Waals surface area contributed by atoms with Gasteiger partial charge in [-0.3, -0.25) is 44.0 Å². The minimum Gasteiger partial charge on any atom is -0.459 e. The zero-order valence-corrected chi connectivity index (χ0v) is 22.9. The molecule has 4 amide bonds. The third kappa shape index (κ3) is 5.99. The Morgan fingerprint density at radius 1 is 0.949 bits per heavy atom. The number of ether oxygens (including phenoxy) is 1. The molecular formula is C28H37N5O6. The largest absolute Gasteiger partial charge is 0.459 e. The first-order valence-corrected chi connectivity index (χ1v) is 13.8. The van der Waals surface area contributed by atoms with Crippen LogP contribution in [0.25, 0.3) is 0 Å². The Morgan fingerprint density at radius 2 is 1.67 bits per heavy atom. The molecule has 2 atom stereocenters. The molecule has 3 saturated heterocycles. The standard InChI is InChI=1S/C28H37N5O6/c1-28(2,3)39-24(35)17-31-9-8-18(16-31)15-30-10-12-32(13-11-30)19-4-5-20-21(14-19)27(38)33(26(20)37)22-6-7-23(34)29-25(22)36/h4-5,14,18,22H,6-13,15-17H2,1-3H3,(H,29,34,36)/t18-,22?/m0/s1. The molecule has 1 unspecified atom stereocenters. The molecule has 1 aromatic carbocycles. The molecule has 11 nitrogen and oxygen atoms in total. The number of likely N-dealkylation sites (tertiary alicyclic amines) is 1. The van der Waals surface area contributed by atoms with E-state index in [9.17, 15) is 24.0 Å². The number of amides is 4. The zero-order valence-electron chi connectivity index (χ0n) is 22.9. The van der Waals surface area contributed by atoms with Crippen molar-refractivity contribution in [3.63, 3.8) is 0 Å². The summed E-state index contributed by atoms with van der Waals surface area (Å²) in [6.45, 7) is 12.1. The summed E-state index contributed by atoms with van der Waals surface area (Å²) in [5.41, 5.74) is 1.01. The Kier molecular flexibility index (Phi) is 7.47. The predicted molar refractivity (Wildman–Crippen MR) is 142 cm³/mol. The molecule has 4 aliphatic heterocycles. The summed E-state index contributed by atoms with van der Waals surface area (Å²) in [6, 6.07) is 4.32. The molecule has 0 radical (unpaired) electrons. The Morgan fingerprint density at radius 3 is 2.36 bits per heavy atom. The van der Waals surface area contributed by atoms with E-state index in [1.807, 2.05) is 26.8 Å². The number of hydrogen-bond donors (Lipinski definition) is 1. The van der Waals surface area contributed by atoms with Crippen molar-refractivity contribution in [2.75, 3.05) is 57.3 Å². The van der Waals surface area contributed by atoms with Crippen LogP contribution in [0, 0.1) is 5.92 Å². The molecule has 0 aromatic heterocycles. The van der Waals surface area contributed by atoms with Gasteiger partial charge in [-0.25, -0.2) is 0 Å². The van der Waals surface area contributed by atoms with Crippen molar-refractivity contribution < 1.29 is 28.7 Å². The third-order valence-corrected chi connectivity index (χ3v) is 7.82. The van der Waals surface area contributed by atoms with Crippen LogP contribution in [0.1, 0.15) is 60.7 Å². The first-order valence-electron chi connectivity index (χ1n) is 13.8. The zero-order chi connectivity index (χ0) is 27.9. The second-order valence-corrected chi connectivity index (χ2v) is 11.9. The van der Waals surface area contributed by atoms with Gasteiger partial charge in [0.1, 0.15) is 11.6 Å². The van der Waals surface area contributed by atoms with Crippen molar-refractivity contribution in [2.45, 2.75) is 51.7 Å². The summed E-state index contributed by atoms with van der Waals surface area (Å²) < 4.78 is 5.46. The van der Waals surface area contributed by atoms with Crippen molar-refractivity contribution in [3.05, 3.63) is 29.3 Å². The van der Waals surface area contributed by atoms with Gasteiger partial charge in [-0.1, -0.05) is 0 Å². The Balaban J connectivity index is 1.13. The molecule has 39 heavy (non-hydrogen) atoms. The summed E-state index contributed by atoms with van der Waals surface area (Å²) in [5.74, 6) is -1.62. The molecule has 5 rings (SSSR count). The smallest absolute Gasteiger partial charge is 0.320 e. The summed E-state index contributed by atoms with van der Waals surface area (Å²) >= 11 is 0. The number of hydrogen-bond acceptors (Lipinski definition) is 9. The normalized spacial score (nSPS) is 24.8. The molecule has 0 aliphatic carbocycles. The van der Waals surface area contributed by atoms with E-state index in [0.717, 1.165) is 62.8 Å². The lowest BCUT2D eigenvalue weighted by Crippen LogP contribution is -2.54. The molecule has 210 valence electrons. The highest BCUT2D eigenvalue weighted by molar-refractivity contribution is 6.23. The Bertz CT molecular complexity index is 1190. The summed E-state index contributed by atoms with van der Waals surface area (Å²) in [7, 11) is 0. The van der Waals surface area contributed by atoms with E-state index in [1.54, 1.807) is 12.1 Å². The Labute approximate surface area is 228 Å². The van der Waals surface area contributed by atoms with Gasteiger partial charge in [0.2, 0.25) is 11.8 Å².